The first kappa shape index (κ1) is 19.6. The molecular weight excluding hydrogens is 380 g/mol. The number of esters is 1. The van der Waals surface area contributed by atoms with Crippen LogP contribution in [0.4, 0.5) is 0 Å². The fraction of sp³-hybridized carbons (Fsp3) is 0.190. The van der Waals surface area contributed by atoms with Crippen molar-refractivity contribution in [1.82, 2.24) is 10.3 Å². The molecular formula is C21H19ClN2O4. The van der Waals surface area contributed by atoms with Crippen molar-refractivity contribution in [1.29, 1.82) is 0 Å². The summed E-state index contributed by atoms with van der Waals surface area (Å²) >= 11 is 5.97. The number of amides is 1. The first-order valence-corrected chi connectivity index (χ1v) is 9.06. The normalized spacial score (nSPS) is 10.5. The van der Waals surface area contributed by atoms with E-state index in [1.807, 2.05) is 24.3 Å². The number of fused-ring (bicyclic) bond motifs is 1. The van der Waals surface area contributed by atoms with Crippen LogP contribution in [0.3, 0.4) is 0 Å². The summed E-state index contributed by atoms with van der Waals surface area (Å²) in [6.07, 6.45) is 0.661. The number of nitrogens with one attached hydrogen (secondary N) is 1. The van der Waals surface area contributed by atoms with Crippen LogP contribution >= 0.6 is 11.6 Å². The lowest BCUT2D eigenvalue weighted by Gasteiger charge is -2.09. The number of nitrogens with zero attached hydrogens (tertiary/aromatic N) is 1. The summed E-state index contributed by atoms with van der Waals surface area (Å²) < 4.78 is 10.2. The highest BCUT2D eigenvalue weighted by Crippen LogP contribution is 2.21. The van der Waals surface area contributed by atoms with Crippen LogP contribution in [0.25, 0.3) is 10.9 Å². The van der Waals surface area contributed by atoms with Gasteiger partial charge < -0.3 is 14.8 Å². The average Bonchev–Trinajstić information content (AvgIpc) is 2.71. The number of hydrogen-bond donors (Lipinski definition) is 1. The van der Waals surface area contributed by atoms with Crippen molar-refractivity contribution in [2.24, 2.45) is 0 Å². The predicted molar refractivity (Wildman–Crippen MR) is 107 cm³/mol. The Balaban J connectivity index is 1.51. The molecule has 0 radical (unpaired) electrons. The summed E-state index contributed by atoms with van der Waals surface area (Å²) in [5.41, 5.74) is 1.93. The maximum atomic E-state index is 12.4. The summed E-state index contributed by atoms with van der Waals surface area (Å²) in [7, 11) is 1.61. The zero-order valence-electron chi connectivity index (χ0n) is 15.3. The van der Waals surface area contributed by atoms with Gasteiger partial charge in [-0.25, -0.2) is 9.78 Å². The minimum absolute atomic E-state index is 0.189. The van der Waals surface area contributed by atoms with Gasteiger partial charge in [-0.3, -0.25) is 4.79 Å². The highest BCUT2D eigenvalue weighted by Gasteiger charge is 2.15. The predicted octanol–water partition coefficient (Wildman–Crippen LogP) is 3.41. The molecule has 0 saturated heterocycles. The van der Waals surface area contributed by atoms with Gasteiger partial charge in [-0.05, 0) is 36.2 Å². The SMILES string of the molecule is COc1ccc(CCNC(=O)COC(=O)c2cc(Cl)nc3ccccc23)cc1. The van der Waals surface area contributed by atoms with Crippen LogP contribution in [-0.4, -0.2) is 37.1 Å². The number of rotatable bonds is 7. The Bertz CT molecular complexity index is 989. The summed E-state index contributed by atoms with van der Waals surface area (Å²) in [5.74, 6) is -0.208. The number of halogens is 1. The molecule has 1 N–H and O–H groups in total. The number of ether oxygens (including phenoxy) is 2. The van der Waals surface area contributed by atoms with E-state index in [0.717, 1.165) is 11.3 Å². The molecule has 3 rings (SSSR count). The van der Waals surface area contributed by atoms with Crippen LogP contribution in [-0.2, 0) is 16.0 Å². The molecule has 3 aromatic rings. The smallest absolute Gasteiger partial charge is 0.339 e. The topological polar surface area (TPSA) is 77.5 Å². The molecule has 0 spiro atoms. The number of hydrogen-bond acceptors (Lipinski definition) is 5. The third-order valence-corrected chi connectivity index (χ3v) is 4.33. The number of methoxy groups -OCH3 is 1. The number of carbonyl (C=O) groups excluding carboxylic acids is 2. The Hall–Kier alpha value is -3.12. The molecule has 1 heterocycles. The van der Waals surface area contributed by atoms with Crippen LogP contribution in [0, 0.1) is 0 Å². The van der Waals surface area contributed by atoms with E-state index >= 15 is 0 Å². The lowest BCUT2D eigenvalue weighted by Crippen LogP contribution is -2.30. The Morgan fingerprint density at radius 3 is 2.61 bits per heavy atom. The molecule has 1 aromatic heterocycles. The van der Waals surface area contributed by atoms with E-state index in [2.05, 4.69) is 10.3 Å². The number of pyridine rings is 1. The molecule has 28 heavy (non-hydrogen) atoms. The average molecular weight is 399 g/mol. The van der Waals surface area contributed by atoms with Crippen molar-refractivity contribution in [3.8, 4) is 5.75 Å². The number of carbonyl (C=O) groups is 2. The van der Waals surface area contributed by atoms with E-state index in [9.17, 15) is 9.59 Å². The zero-order valence-corrected chi connectivity index (χ0v) is 16.0. The van der Waals surface area contributed by atoms with Crippen molar-refractivity contribution in [2.75, 3.05) is 20.3 Å². The molecule has 0 aliphatic heterocycles. The fourth-order valence-electron chi connectivity index (χ4n) is 2.71. The lowest BCUT2D eigenvalue weighted by molar-refractivity contribution is -0.124. The molecule has 0 aliphatic carbocycles. The second-order valence-electron chi connectivity index (χ2n) is 6.03. The Morgan fingerprint density at radius 2 is 1.86 bits per heavy atom. The van der Waals surface area contributed by atoms with Crippen molar-refractivity contribution in [3.05, 3.63) is 70.9 Å². The third kappa shape index (κ3) is 4.98. The van der Waals surface area contributed by atoms with Crippen molar-refractivity contribution in [3.63, 3.8) is 0 Å². The van der Waals surface area contributed by atoms with Gasteiger partial charge in [0.25, 0.3) is 5.91 Å². The van der Waals surface area contributed by atoms with Gasteiger partial charge in [-0.2, -0.15) is 0 Å². The van der Waals surface area contributed by atoms with Crippen LogP contribution in [0.1, 0.15) is 15.9 Å². The van der Waals surface area contributed by atoms with Crippen molar-refractivity contribution < 1.29 is 19.1 Å². The van der Waals surface area contributed by atoms with Gasteiger partial charge in [0.15, 0.2) is 6.61 Å². The standard InChI is InChI=1S/C21H19ClN2O4/c1-27-15-8-6-14(7-9-15)10-11-23-20(25)13-28-21(26)17-12-19(22)24-18-5-3-2-4-16(17)18/h2-9,12H,10-11,13H2,1H3,(H,23,25). The molecule has 0 saturated carbocycles. The Labute approximate surface area is 167 Å². The molecule has 2 aromatic carbocycles. The minimum Gasteiger partial charge on any atom is -0.497 e. The fourth-order valence-corrected chi connectivity index (χ4v) is 2.91. The second kappa shape index (κ2) is 9.19. The van der Waals surface area contributed by atoms with Gasteiger partial charge in [-0.15, -0.1) is 0 Å². The molecule has 0 aliphatic rings. The minimum atomic E-state index is -0.620. The maximum Gasteiger partial charge on any atom is 0.339 e. The van der Waals surface area contributed by atoms with Crippen LogP contribution in [0.15, 0.2) is 54.6 Å². The zero-order chi connectivity index (χ0) is 19.9. The van der Waals surface area contributed by atoms with E-state index < -0.39 is 5.97 Å². The van der Waals surface area contributed by atoms with Gasteiger partial charge >= 0.3 is 5.97 Å². The Kier molecular flexibility index (Phi) is 6.45. The van der Waals surface area contributed by atoms with E-state index in [1.54, 1.807) is 31.4 Å². The van der Waals surface area contributed by atoms with Crippen LogP contribution < -0.4 is 10.1 Å². The van der Waals surface area contributed by atoms with E-state index in [-0.39, 0.29) is 23.2 Å². The number of aromatic nitrogens is 1. The molecule has 0 atom stereocenters. The highest BCUT2D eigenvalue weighted by molar-refractivity contribution is 6.30. The van der Waals surface area contributed by atoms with Crippen molar-refractivity contribution in [2.45, 2.75) is 6.42 Å². The number of para-hydroxylation sites is 1. The van der Waals surface area contributed by atoms with E-state index in [1.165, 1.54) is 6.07 Å². The van der Waals surface area contributed by atoms with E-state index in [0.29, 0.717) is 23.9 Å². The summed E-state index contributed by atoms with van der Waals surface area (Å²) in [5, 5.41) is 3.54. The van der Waals surface area contributed by atoms with Gasteiger partial charge in [-0.1, -0.05) is 41.9 Å². The summed E-state index contributed by atoms with van der Waals surface area (Å²) in [6.45, 7) is 0.0719. The molecule has 1 amide bonds. The van der Waals surface area contributed by atoms with Crippen molar-refractivity contribution >= 4 is 34.4 Å². The third-order valence-electron chi connectivity index (χ3n) is 4.13. The molecule has 144 valence electrons. The quantitative estimate of drug-likeness (QED) is 0.487. The van der Waals surface area contributed by atoms with Crippen LogP contribution in [0.2, 0.25) is 5.15 Å². The Morgan fingerprint density at radius 1 is 1.11 bits per heavy atom. The monoisotopic (exact) mass is 398 g/mol. The first-order chi connectivity index (χ1) is 13.6. The van der Waals surface area contributed by atoms with Gasteiger partial charge in [0, 0.05) is 11.9 Å². The summed E-state index contributed by atoms with van der Waals surface area (Å²) in [6, 6.07) is 16.1. The molecule has 0 bridgehead atoms. The largest absolute Gasteiger partial charge is 0.497 e. The lowest BCUT2D eigenvalue weighted by atomic mass is 10.1. The number of benzene rings is 2. The van der Waals surface area contributed by atoms with Gasteiger partial charge in [0.2, 0.25) is 0 Å². The van der Waals surface area contributed by atoms with Crippen LogP contribution in [0.5, 0.6) is 5.75 Å². The molecule has 0 unspecified atom stereocenters. The molecule has 7 heteroatoms. The molecule has 6 nitrogen and oxygen atoms in total. The second-order valence-corrected chi connectivity index (χ2v) is 6.42. The van der Waals surface area contributed by atoms with Gasteiger partial charge in [0.05, 0.1) is 18.2 Å². The first-order valence-electron chi connectivity index (χ1n) is 8.69. The van der Waals surface area contributed by atoms with Gasteiger partial charge in [0.1, 0.15) is 10.9 Å². The van der Waals surface area contributed by atoms with E-state index in [4.69, 9.17) is 21.1 Å². The maximum absolute atomic E-state index is 12.4. The highest BCUT2D eigenvalue weighted by atomic mass is 35.5. The summed E-state index contributed by atoms with van der Waals surface area (Å²) in [4.78, 5) is 28.5. The molecule has 0 fully saturated rings.